The Hall–Kier alpha value is -2.35. The Morgan fingerprint density at radius 3 is 2.94 bits per heavy atom. The Labute approximate surface area is 104 Å². The van der Waals surface area contributed by atoms with Crippen molar-refractivity contribution in [3.8, 4) is 11.8 Å². The van der Waals surface area contributed by atoms with Gasteiger partial charge in [0.2, 0.25) is 0 Å². The Bertz CT molecular complexity index is 491. The van der Waals surface area contributed by atoms with Gasteiger partial charge in [0.05, 0.1) is 18.2 Å². The van der Waals surface area contributed by atoms with E-state index in [9.17, 15) is 9.18 Å². The van der Waals surface area contributed by atoms with E-state index in [1.807, 2.05) is 6.07 Å². The Balaban J connectivity index is 2.50. The number of carbonyl (C=O) groups excluding carboxylic acids is 1. The quantitative estimate of drug-likeness (QED) is 0.593. The molecule has 0 bridgehead atoms. The lowest BCUT2D eigenvalue weighted by molar-refractivity contribution is -0.137. The molecule has 0 N–H and O–H groups in total. The van der Waals surface area contributed by atoms with Crippen molar-refractivity contribution < 1.29 is 18.7 Å². The van der Waals surface area contributed by atoms with Gasteiger partial charge in [-0.05, 0) is 31.2 Å². The highest BCUT2D eigenvalue weighted by Gasteiger charge is 2.03. The van der Waals surface area contributed by atoms with Gasteiger partial charge in [-0.2, -0.15) is 5.26 Å². The zero-order valence-corrected chi connectivity index (χ0v) is 9.85. The minimum Gasteiger partial charge on any atom is -0.486 e. The smallest absolute Gasteiger partial charge is 0.330 e. The predicted octanol–water partition coefficient (Wildman–Crippen LogP) is 2.20. The van der Waals surface area contributed by atoms with Crippen LogP contribution in [0, 0.1) is 17.1 Å². The van der Waals surface area contributed by atoms with E-state index in [-0.39, 0.29) is 17.9 Å². The molecule has 0 spiro atoms. The van der Waals surface area contributed by atoms with Crippen LogP contribution in [-0.2, 0) is 9.53 Å². The summed E-state index contributed by atoms with van der Waals surface area (Å²) in [5.41, 5.74) is 0.224. The lowest BCUT2D eigenvalue weighted by atomic mass is 10.2. The first-order valence-electron chi connectivity index (χ1n) is 5.33. The molecule has 1 aromatic carbocycles. The Morgan fingerprint density at radius 1 is 1.56 bits per heavy atom. The molecule has 0 unspecified atom stereocenters. The molecule has 0 atom stereocenters. The fourth-order valence-electron chi connectivity index (χ4n) is 1.16. The van der Waals surface area contributed by atoms with Gasteiger partial charge in [0.15, 0.2) is 11.6 Å². The maximum Gasteiger partial charge on any atom is 0.330 e. The van der Waals surface area contributed by atoms with Crippen LogP contribution in [0.1, 0.15) is 12.5 Å². The molecule has 0 saturated heterocycles. The summed E-state index contributed by atoms with van der Waals surface area (Å²) in [5, 5.41) is 8.56. The number of ether oxygens (including phenoxy) is 2. The minimum atomic E-state index is -0.612. The second kappa shape index (κ2) is 7.07. The molecular weight excluding hydrogens is 237 g/mol. The average Bonchev–Trinajstić information content (AvgIpc) is 2.36. The summed E-state index contributed by atoms with van der Waals surface area (Å²) < 4.78 is 23.1. The topological polar surface area (TPSA) is 59.3 Å². The molecule has 94 valence electrons. The van der Waals surface area contributed by atoms with E-state index in [4.69, 9.17) is 10.00 Å². The van der Waals surface area contributed by atoms with Crippen LogP contribution >= 0.6 is 0 Å². The summed E-state index contributed by atoms with van der Waals surface area (Å²) in [6.07, 6.45) is 2.64. The van der Waals surface area contributed by atoms with E-state index in [1.165, 1.54) is 24.3 Å². The first-order valence-corrected chi connectivity index (χ1v) is 5.33. The maximum atomic E-state index is 13.4. The Kier molecular flexibility index (Phi) is 5.39. The lowest BCUT2D eigenvalue weighted by Gasteiger charge is -2.04. The number of nitriles is 1. The van der Waals surface area contributed by atoms with Crippen LogP contribution in [0.25, 0.3) is 0 Å². The van der Waals surface area contributed by atoms with Gasteiger partial charge in [0.1, 0.15) is 6.61 Å². The summed E-state index contributed by atoms with van der Waals surface area (Å²) in [5.74, 6) is -1.05. The molecule has 0 aliphatic carbocycles. The number of rotatable bonds is 5. The van der Waals surface area contributed by atoms with Crippen molar-refractivity contribution in [2.24, 2.45) is 0 Å². The number of carbonyl (C=O) groups is 1. The first-order chi connectivity index (χ1) is 8.67. The van der Waals surface area contributed by atoms with Crippen molar-refractivity contribution in [1.82, 2.24) is 0 Å². The number of esters is 1. The molecule has 5 heteroatoms. The third-order valence-corrected chi connectivity index (χ3v) is 1.94. The van der Waals surface area contributed by atoms with Crippen molar-refractivity contribution in [3.05, 3.63) is 41.7 Å². The molecule has 0 aromatic heterocycles. The van der Waals surface area contributed by atoms with Crippen molar-refractivity contribution in [1.29, 1.82) is 5.26 Å². The number of halogens is 1. The maximum absolute atomic E-state index is 13.4. The number of benzene rings is 1. The van der Waals surface area contributed by atoms with Crippen molar-refractivity contribution in [2.75, 3.05) is 13.2 Å². The summed E-state index contributed by atoms with van der Waals surface area (Å²) in [4.78, 5) is 10.9. The zero-order chi connectivity index (χ0) is 13.4. The van der Waals surface area contributed by atoms with Gasteiger partial charge in [-0.15, -0.1) is 0 Å². The van der Waals surface area contributed by atoms with Crippen molar-refractivity contribution in [3.63, 3.8) is 0 Å². The summed E-state index contributed by atoms with van der Waals surface area (Å²) in [6.45, 7) is 2.05. The van der Waals surface area contributed by atoms with E-state index in [1.54, 1.807) is 6.92 Å². The molecule has 0 fully saturated rings. The van der Waals surface area contributed by atoms with E-state index in [0.717, 1.165) is 6.07 Å². The lowest BCUT2D eigenvalue weighted by Crippen LogP contribution is -2.01. The zero-order valence-electron chi connectivity index (χ0n) is 9.85. The Morgan fingerprint density at radius 2 is 2.33 bits per heavy atom. The van der Waals surface area contributed by atoms with Gasteiger partial charge in [-0.3, -0.25) is 0 Å². The standard InChI is InChI=1S/C13H12FNO3/c1-2-17-13(16)4-3-7-18-12-6-5-10(9-15)8-11(12)14/h3-6,8H,2,7H2,1H3/b4-3+. The average molecular weight is 249 g/mol. The molecule has 1 aromatic rings. The van der Waals surface area contributed by atoms with Crippen LogP contribution < -0.4 is 4.74 Å². The van der Waals surface area contributed by atoms with Gasteiger partial charge in [-0.25, -0.2) is 9.18 Å². The van der Waals surface area contributed by atoms with Crippen LogP contribution in [0.4, 0.5) is 4.39 Å². The molecule has 0 saturated carbocycles. The van der Waals surface area contributed by atoms with Crippen LogP contribution in [0.15, 0.2) is 30.4 Å². The number of hydrogen-bond donors (Lipinski definition) is 0. The molecular formula is C13H12FNO3. The summed E-state index contributed by atoms with van der Waals surface area (Å²) in [6, 6.07) is 5.73. The molecule has 0 aliphatic rings. The second-order valence-corrected chi connectivity index (χ2v) is 3.22. The van der Waals surface area contributed by atoms with Crippen molar-refractivity contribution >= 4 is 5.97 Å². The summed E-state index contributed by atoms with van der Waals surface area (Å²) in [7, 11) is 0. The SMILES string of the molecule is CCOC(=O)/C=C/COc1ccc(C#N)cc1F. The third kappa shape index (κ3) is 4.26. The van der Waals surface area contributed by atoms with E-state index in [0.29, 0.717) is 6.61 Å². The van der Waals surface area contributed by atoms with Crippen molar-refractivity contribution in [2.45, 2.75) is 6.92 Å². The molecule has 0 heterocycles. The highest BCUT2D eigenvalue weighted by atomic mass is 19.1. The highest BCUT2D eigenvalue weighted by molar-refractivity contribution is 5.81. The highest BCUT2D eigenvalue weighted by Crippen LogP contribution is 2.17. The molecule has 0 aliphatic heterocycles. The van der Waals surface area contributed by atoms with Crippen LogP contribution in [0.3, 0.4) is 0 Å². The fraction of sp³-hybridized carbons (Fsp3) is 0.231. The predicted molar refractivity (Wildman–Crippen MR) is 62.4 cm³/mol. The van der Waals surface area contributed by atoms with E-state index < -0.39 is 11.8 Å². The monoisotopic (exact) mass is 249 g/mol. The van der Waals surface area contributed by atoms with E-state index >= 15 is 0 Å². The van der Waals surface area contributed by atoms with Gasteiger partial charge in [0, 0.05) is 6.08 Å². The fourth-order valence-corrected chi connectivity index (χ4v) is 1.16. The molecule has 0 radical (unpaired) electrons. The normalized spacial score (nSPS) is 10.1. The van der Waals surface area contributed by atoms with E-state index in [2.05, 4.69) is 4.74 Å². The molecule has 18 heavy (non-hydrogen) atoms. The van der Waals surface area contributed by atoms with Gasteiger partial charge < -0.3 is 9.47 Å². The number of hydrogen-bond acceptors (Lipinski definition) is 4. The molecule has 1 rings (SSSR count). The minimum absolute atomic E-state index is 0.0301. The van der Waals surface area contributed by atoms with Crippen LogP contribution in [-0.4, -0.2) is 19.2 Å². The third-order valence-electron chi connectivity index (χ3n) is 1.94. The largest absolute Gasteiger partial charge is 0.486 e. The van der Waals surface area contributed by atoms with Crippen LogP contribution in [0.5, 0.6) is 5.75 Å². The summed E-state index contributed by atoms with van der Waals surface area (Å²) >= 11 is 0. The van der Waals surface area contributed by atoms with Gasteiger partial charge in [-0.1, -0.05) is 0 Å². The van der Waals surface area contributed by atoms with Gasteiger partial charge >= 0.3 is 5.97 Å². The second-order valence-electron chi connectivity index (χ2n) is 3.22. The van der Waals surface area contributed by atoms with Crippen LogP contribution in [0.2, 0.25) is 0 Å². The first kappa shape index (κ1) is 13.7. The van der Waals surface area contributed by atoms with Gasteiger partial charge in [0.25, 0.3) is 0 Å². The number of nitrogens with zero attached hydrogens (tertiary/aromatic N) is 1. The molecule has 4 nitrogen and oxygen atoms in total. The molecule has 0 amide bonds.